The molecule has 1 amide bonds. The highest BCUT2D eigenvalue weighted by Gasteiger charge is 2.33. The zero-order valence-corrected chi connectivity index (χ0v) is 19.9. The minimum atomic E-state index is -4.71. The Balaban J connectivity index is 1.83. The molecule has 2 unspecified atom stereocenters. The Labute approximate surface area is 204 Å². The van der Waals surface area contributed by atoms with Crippen molar-refractivity contribution in [2.24, 2.45) is 5.73 Å². The third-order valence-electron chi connectivity index (χ3n) is 5.53. The standard InChI is InChI=1S/C24H22F5N3O3S/c1-13(15-5-9-18(19(26)11-15)22(30)36(2,34)35)23(33)31-12-16-6-10-20(24(27,28)29)32-21(16)14-3-7-17(25)8-4-14/h3-11,13,22H,12,30H2,1-2H3,(H,31,33). The normalized spacial score (nSPS) is 13.8. The van der Waals surface area contributed by atoms with E-state index in [0.29, 0.717) is 0 Å². The SMILES string of the molecule is CC(C(=O)NCc1ccc(C(F)(F)F)nc1-c1ccc(F)cc1)c1ccc(C(N)S(C)(=O)=O)c(F)c1. The van der Waals surface area contributed by atoms with E-state index in [1.807, 2.05) is 0 Å². The molecular weight excluding hydrogens is 505 g/mol. The van der Waals surface area contributed by atoms with Gasteiger partial charge in [0.05, 0.1) is 11.6 Å². The Morgan fingerprint density at radius 3 is 2.25 bits per heavy atom. The van der Waals surface area contributed by atoms with Crippen LogP contribution >= 0.6 is 0 Å². The predicted octanol–water partition coefficient (Wildman–Crippen LogP) is 4.47. The van der Waals surface area contributed by atoms with Crippen LogP contribution in [0.2, 0.25) is 0 Å². The molecule has 3 N–H and O–H groups in total. The van der Waals surface area contributed by atoms with Crippen molar-refractivity contribution < 1.29 is 35.2 Å². The first-order valence-corrected chi connectivity index (χ1v) is 12.5. The molecule has 1 heterocycles. The van der Waals surface area contributed by atoms with Crippen molar-refractivity contribution in [3.63, 3.8) is 0 Å². The van der Waals surface area contributed by atoms with Crippen molar-refractivity contribution in [1.82, 2.24) is 10.3 Å². The quantitative estimate of drug-likeness (QED) is 0.442. The summed E-state index contributed by atoms with van der Waals surface area (Å²) >= 11 is 0. The first-order valence-electron chi connectivity index (χ1n) is 10.5. The van der Waals surface area contributed by atoms with Gasteiger partial charge in [0, 0.05) is 23.9 Å². The molecular formula is C24H22F5N3O3S. The molecule has 12 heteroatoms. The smallest absolute Gasteiger partial charge is 0.351 e. The zero-order chi connectivity index (χ0) is 26.8. The second-order valence-electron chi connectivity index (χ2n) is 8.18. The second kappa shape index (κ2) is 10.3. The minimum Gasteiger partial charge on any atom is -0.351 e. The van der Waals surface area contributed by atoms with Crippen LogP contribution < -0.4 is 11.1 Å². The van der Waals surface area contributed by atoms with Crippen molar-refractivity contribution in [2.75, 3.05) is 6.26 Å². The fourth-order valence-corrected chi connectivity index (χ4v) is 4.06. The van der Waals surface area contributed by atoms with Gasteiger partial charge in [0.2, 0.25) is 5.91 Å². The average molecular weight is 528 g/mol. The maximum Gasteiger partial charge on any atom is 0.433 e. The Kier molecular flexibility index (Phi) is 7.79. The molecule has 2 aromatic carbocycles. The van der Waals surface area contributed by atoms with E-state index in [0.717, 1.165) is 30.5 Å². The van der Waals surface area contributed by atoms with Gasteiger partial charge in [-0.05, 0) is 54.4 Å². The molecule has 0 fully saturated rings. The van der Waals surface area contributed by atoms with Crippen LogP contribution in [-0.4, -0.2) is 25.6 Å². The number of hydrogen-bond acceptors (Lipinski definition) is 5. The summed E-state index contributed by atoms with van der Waals surface area (Å²) in [4.78, 5) is 16.4. The first-order chi connectivity index (χ1) is 16.7. The number of rotatable bonds is 7. The first kappa shape index (κ1) is 27.2. The molecule has 6 nitrogen and oxygen atoms in total. The van der Waals surface area contributed by atoms with Crippen LogP contribution in [0.4, 0.5) is 22.0 Å². The number of aromatic nitrogens is 1. The molecule has 2 atom stereocenters. The van der Waals surface area contributed by atoms with E-state index in [2.05, 4.69) is 10.3 Å². The number of nitrogens with one attached hydrogen (secondary N) is 1. The number of benzene rings is 2. The van der Waals surface area contributed by atoms with E-state index >= 15 is 0 Å². The third-order valence-corrected chi connectivity index (χ3v) is 6.70. The van der Waals surface area contributed by atoms with Gasteiger partial charge < -0.3 is 11.1 Å². The Hall–Kier alpha value is -3.38. The maximum atomic E-state index is 14.5. The topological polar surface area (TPSA) is 102 Å². The van der Waals surface area contributed by atoms with Crippen LogP contribution in [0, 0.1) is 11.6 Å². The molecule has 3 aromatic rings. The van der Waals surface area contributed by atoms with Crippen molar-refractivity contribution in [3.8, 4) is 11.3 Å². The third kappa shape index (κ3) is 6.24. The number of hydrogen-bond donors (Lipinski definition) is 2. The molecule has 0 saturated carbocycles. The minimum absolute atomic E-state index is 0.0806. The summed E-state index contributed by atoms with van der Waals surface area (Å²) in [6.07, 6.45) is -3.83. The van der Waals surface area contributed by atoms with Crippen molar-refractivity contribution in [3.05, 3.63) is 88.6 Å². The lowest BCUT2D eigenvalue weighted by molar-refractivity contribution is -0.141. The molecule has 0 aliphatic heterocycles. The summed E-state index contributed by atoms with van der Waals surface area (Å²) < 4.78 is 90.6. The largest absolute Gasteiger partial charge is 0.433 e. The van der Waals surface area contributed by atoms with E-state index in [1.165, 1.54) is 37.3 Å². The zero-order valence-electron chi connectivity index (χ0n) is 19.1. The van der Waals surface area contributed by atoms with Gasteiger partial charge in [0.15, 0.2) is 9.84 Å². The van der Waals surface area contributed by atoms with Gasteiger partial charge in [-0.1, -0.05) is 18.2 Å². The van der Waals surface area contributed by atoms with Gasteiger partial charge in [-0.25, -0.2) is 22.2 Å². The average Bonchev–Trinajstić information content (AvgIpc) is 2.80. The van der Waals surface area contributed by atoms with Crippen molar-refractivity contribution in [2.45, 2.75) is 30.9 Å². The van der Waals surface area contributed by atoms with E-state index in [-0.39, 0.29) is 34.5 Å². The van der Waals surface area contributed by atoms with Crippen LogP contribution in [-0.2, 0) is 27.4 Å². The van der Waals surface area contributed by atoms with Crippen LogP contribution in [0.1, 0.15) is 40.6 Å². The fourth-order valence-electron chi connectivity index (χ4n) is 3.41. The molecule has 0 radical (unpaired) electrons. The van der Waals surface area contributed by atoms with E-state index < -0.39 is 50.5 Å². The van der Waals surface area contributed by atoms with Crippen LogP contribution in [0.5, 0.6) is 0 Å². The highest BCUT2D eigenvalue weighted by Crippen LogP contribution is 2.31. The Bertz CT molecular complexity index is 1380. The number of nitrogens with zero attached hydrogens (tertiary/aromatic N) is 1. The Morgan fingerprint density at radius 2 is 1.69 bits per heavy atom. The van der Waals surface area contributed by atoms with Gasteiger partial charge >= 0.3 is 6.18 Å². The van der Waals surface area contributed by atoms with E-state index in [4.69, 9.17) is 5.73 Å². The monoisotopic (exact) mass is 527 g/mol. The summed E-state index contributed by atoms with van der Waals surface area (Å²) in [6.45, 7) is 1.27. The van der Waals surface area contributed by atoms with E-state index in [1.54, 1.807) is 0 Å². The number of carbonyl (C=O) groups is 1. The summed E-state index contributed by atoms with van der Waals surface area (Å²) in [5, 5.41) is 1.02. The number of pyridine rings is 1. The van der Waals surface area contributed by atoms with Crippen molar-refractivity contribution >= 4 is 15.7 Å². The van der Waals surface area contributed by atoms with Gasteiger partial charge in [-0.3, -0.25) is 4.79 Å². The summed E-state index contributed by atoms with van der Waals surface area (Å²) in [5.41, 5.74) is 4.81. The van der Waals surface area contributed by atoms with Gasteiger partial charge in [0.1, 0.15) is 22.7 Å². The molecule has 0 spiro atoms. The molecule has 0 bridgehead atoms. The van der Waals surface area contributed by atoms with E-state index in [9.17, 15) is 35.2 Å². The van der Waals surface area contributed by atoms with Gasteiger partial charge in [-0.15, -0.1) is 0 Å². The lowest BCUT2D eigenvalue weighted by atomic mass is 9.98. The summed E-state index contributed by atoms with van der Waals surface area (Å²) in [7, 11) is -3.75. The molecule has 36 heavy (non-hydrogen) atoms. The molecule has 0 saturated heterocycles. The number of sulfone groups is 1. The Morgan fingerprint density at radius 1 is 1.06 bits per heavy atom. The lowest BCUT2D eigenvalue weighted by Crippen LogP contribution is -2.28. The number of carbonyl (C=O) groups excluding carboxylic acids is 1. The molecule has 0 aliphatic carbocycles. The number of amides is 1. The summed E-state index contributed by atoms with van der Waals surface area (Å²) in [6, 6.07) is 10.2. The fraction of sp³-hybridized carbons (Fsp3) is 0.250. The molecule has 3 rings (SSSR count). The second-order valence-corrected chi connectivity index (χ2v) is 10.3. The highest BCUT2D eigenvalue weighted by atomic mass is 32.2. The maximum absolute atomic E-state index is 14.5. The number of alkyl halides is 3. The highest BCUT2D eigenvalue weighted by molar-refractivity contribution is 7.90. The lowest BCUT2D eigenvalue weighted by Gasteiger charge is -2.17. The van der Waals surface area contributed by atoms with Gasteiger partial charge in [0.25, 0.3) is 0 Å². The molecule has 0 aliphatic rings. The number of nitrogens with two attached hydrogens (primary N) is 1. The number of halogens is 5. The molecule has 1 aromatic heterocycles. The van der Waals surface area contributed by atoms with Crippen molar-refractivity contribution in [1.29, 1.82) is 0 Å². The van der Waals surface area contributed by atoms with Crippen LogP contribution in [0.25, 0.3) is 11.3 Å². The van der Waals surface area contributed by atoms with Crippen LogP contribution in [0.3, 0.4) is 0 Å². The summed E-state index contributed by atoms with van der Waals surface area (Å²) in [5.74, 6) is -2.93. The van der Waals surface area contributed by atoms with Gasteiger partial charge in [-0.2, -0.15) is 13.2 Å². The molecule has 192 valence electrons. The van der Waals surface area contributed by atoms with Crippen LogP contribution in [0.15, 0.2) is 54.6 Å². The predicted molar refractivity (Wildman–Crippen MR) is 123 cm³/mol.